The van der Waals surface area contributed by atoms with E-state index in [1.807, 2.05) is 19.1 Å². The van der Waals surface area contributed by atoms with Crippen molar-refractivity contribution in [3.05, 3.63) is 64.7 Å². The first-order chi connectivity index (χ1) is 12.0. The Kier molecular flexibility index (Phi) is 5.06. The zero-order valence-electron chi connectivity index (χ0n) is 15.1. The van der Waals surface area contributed by atoms with E-state index in [2.05, 4.69) is 54.3 Å². The fourth-order valence-electron chi connectivity index (χ4n) is 3.41. The number of amides is 1. The van der Waals surface area contributed by atoms with Gasteiger partial charge in [0.15, 0.2) is 0 Å². The number of nitrogens with one attached hydrogen (secondary N) is 3. The van der Waals surface area contributed by atoms with E-state index in [1.54, 1.807) is 13.2 Å². The van der Waals surface area contributed by atoms with Crippen LogP contribution in [-0.2, 0) is 0 Å². The predicted molar refractivity (Wildman–Crippen MR) is 98.6 cm³/mol. The molecule has 132 valence electrons. The fourth-order valence-corrected chi connectivity index (χ4v) is 3.41. The second-order valence-electron chi connectivity index (χ2n) is 6.65. The summed E-state index contributed by atoms with van der Waals surface area (Å²) in [5.74, 6) is 0.814. The largest absolute Gasteiger partial charge is 0.497 e. The molecule has 1 amide bonds. The third-order valence-electron chi connectivity index (χ3n) is 4.76. The smallest absolute Gasteiger partial charge is 0.252 e. The topological polar surface area (TPSA) is 62.4 Å². The van der Waals surface area contributed by atoms with Crippen LogP contribution in [0, 0.1) is 13.8 Å². The van der Waals surface area contributed by atoms with Crippen LogP contribution in [0.15, 0.2) is 42.5 Å². The van der Waals surface area contributed by atoms with Crippen LogP contribution in [0.3, 0.4) is 0 Å². The Morgan fingerprint density at radius 3 is 2.60 bits per heavy atom. The summed E-state index contributed by atoms with van der Waals surface area (Å²) in [6.45, 7) is 6.11. The lowest BCUT2D eigenvalue weighted by molar-refractivity contribution is 0.0928. The van der Waals surface area contributed by atoms with Gasteiger partial charge in [-0.3, -0.25) is 10.2 Å². The first-order valence-electron chi connectivity index (χ1n) is 8.52. The predicted octanol–water partition coefficient (Wildman–Crippen LogP) is 2.65. The van der Waals surface area contributed by atoms with Crippen molar-refractivity contribution >= 4 is 5.91 Å². The minimum Gasteiger partial charge on any atom is -0.497 e. The maximum absolute atomic E-state index is 12.8. The number of hydrazine groups is 1. The summed E-state index contributed by atoms with van der Waals surface area (Å²) in [5.41, 5.74) is 10.4. The minimum atomic E-state index is -0.175. The molecule has 3 N–H and O–H groups in total. The molecule has 3 rings (SSSR count). The van der Waals surface area contributed by atoms with E-state index in [9.17, 15) is 4.79 Å². The van der Waals surface area contributed by atoms with Gasteiger partial charge in [-0.25, -0.2) is 5.43 Å². The van der Waals surface area contributed by atoms with E-state index in [4.69, 9.17) is 4.74 Å². The minimum absolute atomic E-state index is 0.0915. The van der Waals surface area contributed by atoms with E-state index in [0.717, 1.165) is 11.3 Å². The van der Waals surface area contributed by atoms with Crippen LogP contribution >= 0.6 is 0 Å². The van der Waals surface area contributed by atoms with Gasteiger partial charge >= 0.3 is 0 Å². The standard InChI is InChI=1S/C20H25N3O2/c1-12-6-5-7-15(10-12)18-14(3)22-23-19(18)21-20(24)17-9-8-16(25-4)11-13(17)2/h5-11,14,18-19,22-23H,1-4H3,(H,21,24). The number of hydrogen-bond donors (Lipinski definition) is 3. The molecule has 3 atom stereocenters. The second-order valence-corrected chi connectivity index (χ2v) is 6.65. The molecule has 3 unspecified atom stereocenters. The van der Waals surface area contributed by atoms with Gasteiger partial charge in [0, 0.05) is 17.5 Å². The zero-order chi connectivity index (χ0) is 18.0. The number of rotatable bonds is 4. The number of carbonyl (C=O) groups excluding carboxylic acids is 1. The van der Waals surface area contributed by atoms with Crippen molar-refractivity contribution in [2.75, 3.05) is 7.11 Å². The van der Waals surface area contributed by atoms with Crippen LogP contribution in [0.2, 0.25) is 0 Å². The van der Waals surface area contributed by atoms with Gasteiger partial charge in [0.25, 0.3) is 5.91 Å². The Bertz CT molecular complexity index is 775. The van der Waals surface area contributed by atoms with Crippen LogP contribution < -0.4 is 20.9 Å². The van der Waals surface area contributed by atoms with E-state index in [1.165, 1.54) is 11.1 Å². The third kappa shape index (κ3) is 3.67. The van der Waals surface area contributed by atoms with Gasteiger partial charge < -0.3 is 10.1 Å². The molecule has 0 aliphatic carbocycles. The molecule has 5 heteroatoms. The average molecular weight is 339 g/mol. The summed E-state index contributed by atoms with van der Waals surface area (Å²) < 4.78 is 5.21. The van der Waals surface area contributed by atoms with Crippen molar-refractivity contribution < 1.29 is 9.53 Å². The lowest BCUT2D eigenvalue weighted by Gasteiger charge is -2.23. The SMILES string of the molecule is COc1ccc(C(=O)NC2NNC(C)C2c2cccc(C)c2)c(C)c1. The molecule has 2 aromatic rings. The molecule has 0 saturated carbocycles. The maximum atomic E-state index is 12.8. The monoisotopic (exact) mass is 339 g/mol. The zero-order valence-corrected chi connectivity index (χ0v) is 15.1. The first-order valence-corrected chi connectivity index (χ1v) is 8.52. The molecule has 1 aliphatic heterocycles. The lowest BCUT2D eigenvalue weighted by atomic mass is 9.90. The van der Waals surface area contributed by atoms with Crippen LogP contribution in [0.4, 0.5) is 0 Å². The highest BCUT2D eigenvalue weighted by molar-refractivity contribution is 5.96. The first kappa shape index (κ1) is 17.5. The Balaban J connectivity index is 1.80. The van der Waals surface area contributed by atoms with Crippen LogP contribution in [0.25, 0.3) is 0 Å². The van der Waals surface area contributed by atoms with Crippen molar-refractivity contribution in [3.63, 3.8) is 0 Å². The summed E-state index contributed by atoms with van der Waals surface area (Å²) in [4.78, 5) is 12.8. The van der Waals surface area contributed by atoms with E-state index >= 15 is 0 Å². The molecule has 0 radical (unpaired) electrons. The fraction of sp³-hybridized carbons (Fsp3) is 0.350. The summed E-state index contributed by atoms with van der Waals surface area (Å²) in [6.07, 6.45) is -0.175. The molecule has 0 aromatic heterocycles. The molecule has 1 heterocycles. The maximum Gasteiger partial charge on any atom is 0.252 e. The molecule has 2 aromatic carbocycles. The number of methoxy groups -OCH3 is 1. The number of ether oxygens (including phenoxy) is 1. The van der Waals surface area contributed by atoms with E-state index < -0.39 is 0 Å². The van der Waals surface area contributed by atoms with Crippen molar-refractivity contribution in [3.8, 4) is 5.75 Å². The van der Waals surface area contributed by atoms with Gasteiger partial charge in [0.2, 0.25) is 0 Å². The molecule has 5 nitrogen and oxygen atoms in total. The number of hydrogen-bond acceptors (Lipinski definition) is 4. The molecular weight excluding hydrogens is 314 g/mol. The molecule has 1 saturated heterocycles. The van der Waals surface area contributed by atoms with Crippen molar-refractivity contribution in [1.82, 2.24) is 16.2 Å². The van der Waals surface area contributed by atoms with Gasteiger partial charge in [-0.1, -0.05) is 29.8 Å². The molecule has 0 spiro atoms. The van der Waals surface area contributed by atoms with Crippen LogP contribution in [0.1, 0.15) is 39.9 Å². The summed E-state index contributed by atoms with van der Waals surface area (Å²) >= 11 is 0. The molecule has 1 aliphatic rings. The quantitative estimate of drug-likeness (QED) is 0.801. The van der Waals surface area contributed by atoms with Crippen LogP contribution in [-0.4, -0.2) is 25.2 Å². The van der Waals surface area contributed by atoms with E-state index in [-0.39, 0.29) is 24.0 Å². The third-order valence-corrected chi connectivity index (χ3v) is 4.76. The Labute approximate surface area is 148 Å². The average Bonchev–Trinajstić information content (AvgIpc) is 2.94. The Hall–Kier alpha value is -2.37. The number of aryl methyl sites for hydroxylation is 2. The van der Waals surface area contributed by atoms with Crippen LogP contribution in [0.5, 0.6) is 5.75 Å². The molecule has 1 fully saturated rings. The second kappa shape index (κ2) is 7.25. The highest BCUT2D eigenvalue weighted by Gasteiger charge is 2.35. The van der Waals surface area contributed by atoms with Crippen molar-refractivity contribution in [2.24, 2.45) is 0 Å². The van der Waals surface area contributed by atoms with Gasteiger partial charge in [-0.05, 0) is 50.1 Å². The molecular formula is C20H25N3O2. The Morgan fingerprint density at radius 2 is 1.92 bits per heavy atom. The van der Waals surface area contributed by atoms with Gasteiger partial charge in [0.05, 0.1) is 7.11 Å². The van der Waals surface area contributed by atoms with E-state index in [0.29, 0.717) is 5.56 Å². The summed E-state index contributed by atoms with van der Waals surface area (Å²) in [5, 5.41) is 3.12. The van der Waals surface area contributed by atoms with Gasteiger partial charge in [-0.2, -0.15) is 0 Å². The molecule has 0 bridgehead atoms. The van der Waals surface area contributed by atoms with Crippen molar-refractivity contribution in [2.45, 2.75) is 38.9 Å². The summed E-state index contributed by atoms with van der Waals surface area (Å²) in [7, 11) is 1.62. The summed E-state index contributed by atoms with van der Waals surface area (Å²) in [6, 6.07) is 14.1. The van der Waals surface area contributed by atoms with Gasteiger partial charge in [-0.15, -0.1) is 0 Å². The number of carbonyl (C=O) groups is 1. The van der Waals surface area contributed by atoms with Crippen molar-refractivity contribution in [1.29, 1.82) is 0 Å². The van der Waals surface area contributed by atoms with Gasteiger partial charge in [0.1, 0.15) is 11.9 Å². The normalized spacial score (nSPS) is 22.6. The molecule has 25 heavy (non-hydrogen) atoms. The lowest BCUT2D eigenvalue weighted by Crippen LogP contribution is -2.46. The highest BCUT2D eigenvalue weighted by atomic mass is 16.5. The Morgan fingerprint density at radius 1 is 1.12 bits per heavy atom. The highest BCUT2D eigenvalue weighted by Crippen LogP contribution is 2.27. The number of benzene rings is 2.